The first-order valence-electron chi connectivity index (χ1n) is 2.99. The van der Waals surface area contributed by atoms with Crippen molar-refractivity contribution in [3.05, 3.63) is 21.8 Å². The van der Waals surface area contributed by atoms with Crippen LogP contribution in [-0.4, -0.2) is 3.96 Å². The van der Waals surface area contributed by atoms with Crippen molar-refractivity contribution in [2.75, 3.05) is 0 Å². The molecule has 1 aromatic rings. The van der Waals surface area contributed by atoms with Crippen LogP contribution in [0.4, 0.5) is 0 Å². The minimum atomic E-state index is 0.142. The van der Waals surface area contributed by atoms with Crippen LogP contribution in [0.5, 0.6) is 0 Å². The zero-order valence-corrected chi connectivity index (χ0v) is 6.15. The van der Waals surface area contributed by atoms with E-state index in [-0.39, 0.29) is 4.74 Å². The predicted molar refractivity (Wildman–Crippen MR) is 38.9 cm³/mol. The first kappa shape index (κ1) is 6.55. The topological polar surface area (TPSA) is 22.0 Å². The van der Waals surface area contributed by atoms with Gasteiger partial charge in [-0.2, -0.15) is 0 Å². The van der Waals surface area contributed by atoms with Gasteiger partial charge in [-0.25, -0.2) is 0 Å². The Bertz CT molecular complexity index is 225. The van der Waals surface area contributed by atoms with Crippen LogP contribution in [0.15, 0.2) is 17.1 Å². The molecule has 0 aromatic carbocycles. The highest BCUT2D eigenvalue weighted by molar-refractivity contribution is 7.03. The quantitative estimate of drug-likeness (QED) is 0.612. The van der Waals surface area contributed by atoms with Crippen molar-refractivity contribution in [2.24, 2.45) is 0 Å². The van der Waals surface area contributed by atoms with E-state index in [1.807, 2.05) is 10.2 Å². The lowest BCUT2D eigenvalue weighted by atomic mass is 10.5. The van der Waals surface area contributed by atoms with E-state index in [0.29, 0.717) is 0 Å². The molecule has 0 bridgehead atoms. The van der Waals surface area contributed by atoms with Crippen LogP contribution in [0.3, 0.4) is 0 Å². The van der Waals surface area contributed by atoms with Crippen molar-refractivity contribution in [1.29, 1.82) is 0 Å². The Labute approximate surface area is 57.9 Å². The molecule has 0 aliphatic carbocycles. The smallest absolute Gasteiger partial charge is 0.249 e. The summed E-state index contributed by atoms with van der Waals surface area (Å²) in [5.74, 6) is 0. The van der Waals surface area contributed by atoms with Gasteiger partial charge < -0.3 is 3.96 Å². The Morgan fingerprint density at radius 2 is 2.56 bits per heavy atom. The molecule has 1 heterocycles. The number of aromatic nitrogens is 1. The monoisotopic (exact) mass is 143 g/mol. The van der Waals surface area contributed by atoms with Crippen molar-refractivity contribution in [3.63, 3.8) is 0 Å². The van der Waals surface area contributed by atoms with Crippen LogP contribution in [0.2, 0.25) is 0 Å². The normalized spacial score (nSPS) is 9.89. The van der Waals surface area contributed by atoms with Crippen LogP contribution < -0.4 is 4.74 Å². The van der Waals surface area contributed by atoms with E-state index in [4.69, 9.17) is 0 Å². The summed E-state index contributed by atoms with van der Waals surface area (Å²) in [7, 11) is 0. The van der Waals surface area contributed by atoms with Gasteiger partial charge in [-0.05, 0) is 18.0 Å². The summed E-state index contributed by atoms with van der Waals surface area (Å²) in [6, 6.07) is 1.60. The van der Waals surface area contributed by atoms with Crippen molar-refractivity contribution in [1.82, 2.24) is 3.96 Å². The minimum absolute atomic E-state index is 0.142. The highest BCUT2D eigenvalue weighted by Crippen LogP contribution is 1.92. The fraction of sp³-hybridized carbons (Fsp3) is 0.500. The maximum atomic E-state index is 10.6. The van der Waals surface area contributed by atoms with Gasteiger partial charge in [-0.15, -0.1) is 0 Å². The fourth-order valence-electron chi connectivity index (χ4n) is 0.661. The van der Waals surface area contributed by atoms with E-state index >= 15 is 0 Å². The molecule has 2 nitrogen and oxygen atoms in total. The van der Waals surface area contributed by atoms with E-state index in [2.05, 4.69) is 6.92 Å². The number of nitrogens with zero attached hydrogens (tertiary/aromatic N) is 1. The molecule has 0 atom stereocenters. The molecule has 50 valence electrons. The molecule has 0 unspecified atom stereocenters. The van der Waals surface area contributed by atoms with E-state index < -0.39 is 0 Å². The van der Waals surface area contributed by atoms with Gasteiger partial charge in [0.05, 0.1) is 0 Å². The predicted octanol–water partition coefficient (Wildman–Crippen LogP) is 1.32. The second-order valence-electron chi connectivity index (χ2n) is 1.87. The highest BCUT2D eigenvalue weighted by atomic mass is 32.1. The third-order valence-corrected chi connectivity index (χ3v) is 1.88. The minimum Gasteiger partial charge on any atom is -0.302 e. The summed E-state index contributed by atoms with van der Waals surface area (Å²) in [4.78, 5) is 10.6. The van der Waals surface area contributed by atoms with Crippen LogP contribution in [0.1, 0.15) is 13.3 Å². The van der Waals surface area contributed by atoms with Crippen LogP contribution in [0, 0.1) is 0 Å². The molecular weight excluding hydrogens is 134 g/mol. The third-order valence-electron chi connectivity index (χ3n) is 1.03. The zero-order valence-electron chi connectivity index (χ0n) is 5.33. The summed E-state index contributed by atoms with van der Waals surface area (Å²) in [6.07, 6.45) is 2.92. The van der Waals surface area contributed by atoms with Gasteiger partial charge >= 0.3 is 0 Å². The van der Waals surface area contributed by atoms with Gasteiger partial charge in [-0.1, -0.05) is 6.92 Å². The van der Waals surface area contributed by atoms with Crippen molar-refractivity contribution in [2.45, 2.75) is 19.9 Å². The van der Waals surface area contributed by atoms with Crippen molar-refractivity contribution in [3.8, 4) is 0 Å². The molecule has 1 rings (SSSR count). The molecule has 0 spiro atoms. The highest BCUT2D eigenvalue weighted by Gasteiger charge is 1.88. The van der Waals surface area contributed by atoms with E-state index in [9.17, 15) is 4.79 Å². The summed E-state index contributed by atoms with van der Waals surface area (Å²) in [5.41, 5.74) is 0. The van der Waals surface area contributed by atoms with E-state index in [1.54, 1.807) is 6.07 Å². The zero-order chi connectivity index (χ0) is 6.69. The number of hydrogen-bond acceptors (Lipinski definition) is 2. The maximum absolute atomic E-state index is 10.6. The number of hydrogen-bond donors (Lipinski definition) is 0. The lowest BCUT2D eigenvalue weighted by Gasteiger charge is -1.92. The number of rotatable bonds is 2. The second-order valence-corrected chi connectivity index (χ2v) is 2.92. The molecule has 0 saturated carbocycles. The van der Waals surface area contributed by atoms with Crippen LogP contribution >= 0.6 is 11.5 Å². The molecule has 0 N–H and O–H groups in total. The first-order valence-corrected chi connectivity index (χ1v) is 3.77. The van der Waals surface area contributed by atoms with Crippen LogP contribution in [0.25, 0.3) is 0 Å². The van der Waals surface area contributed by atoms with Crippen LogP contribution in [-0.2, 0) is 6.54 Å². The van der Waals surface area contributed by atoms with Gasteiger partial charge in [0.25, 0.3) is 0 Å². The summed E-state index contributed by atoms with van der Waals surface area (Å²) >= 11 is 1.27. The molecule has 1 aromatic heterocycles. The van der Waals surface area contributed by atoms with Gasteiger partial charge in [0, 0.05) is 18.8 Å². The van der Waals surface area contributed by atoms with Crippen molar-refractivity contribution >= 4 is 11.5 Å². The fourth-order valence-corrected chi connectivity index (χ4v) is 1.41. The third kappa shape index (κ3) is 1.68. The molecule has 0 radical (unpaired) electrons. The molecule has 3 heteroatoms. The van der Waals surface area contributed by atoms with Gasteiger partial charge in [-0.3, -0.25) is 4.79 Å². The summed E-state index contributed by atoms with van der Waals surface area (Å²) in [5, 5.41) is 0. The molecule has 9 heavy (non-hydrogen) atoms. The summed E-state index contributed by atoms with van der Waals surface area (Å²) in [6.45, 7) is 3.06. The Morgan fingerprint density at radius 1 is 1.78 bits per heavy atom. The molecule has 0 aliphatic rings. The average Bonchev–Trinajstić information content (AvgIpc) is 2.17. The Kier molecular flexibility index (Phi) is 2.05. The van der Waals surface area contributed by atoms with Crippen molar-refractivity contribution < 1.29 is 0 Å². The van der Waals surface area contributed by atoms with Gasteiger partial charge in [0.1, 0.15) is 0 Å². The van der Waals surface area contributed by atoms with E-state index in [0.717, 1.165) is 13.0 Å². The maximum Gasteiger partial charge on any atom is 0.249 e. The largest absolute Gasteiger partial charge is 0.302 e. The van der Waals surface area contributed by atoms with E-state index in [1.165, 1.54) is 11.5 Å². The Morgan fingerprint density at radius 3 is 3.00 bits per heavy atom. The lowest BCUT2D eigenvalue weighted by molar-refractivity contribution is 0.732. The lowest BCUT2D eigenvalue weighted by Crippen LogP contribution is -1.89. The SMILES string of the molecule is CCCn1ccc(=O)s1. The van der Waals surface area contributed by atoms with Gasteiger partial charge in [0.15, 0.2) is 0 Å². The standard InChI is InChI=1S/C6H9NOS/c1-2-4-7-5-3-6(8)9-7/h3,5H,2,4H2,1H3. The Balaban J connectivity index is 2.73. The molecule has 0 amide bonds. The first-order chi connectivity index (χ1) is 4.33. The number of aryl methyl sites for hydroxylation is 1. The second kappa shape index (κ2) is 2.82. The average molecular weight is 143 g/mol. The summed E-state index contributed by atoms with van der Waals surface area (Å²) < 4.78 is 2.09. The molecular formula is C6H9NOS. The molecule has 0 aliphatic heterocycles. The van der Waals surface area contributed by atoms with Gasteiger partial charge in [0.2, 0.25) is 4.74 Å². The molecule has 0 saturated heterocycles. The molecule has 0 fully saturated rings. The Hall–Kier alpha value is -0.570.